The number of nitrogens with zero attached hydrogens (tertiary/aromatic N) is 2. The topological polar surface area (TPSA) is 40.6 Å². The third-order valence-corrected chi connectivity index (χ3v) is 6.57. The summed E-state index contributed by atoms with van der Waals surface area (Å²) in [4.78, 5) is 29.1. The van der Waals surface area contributed by atoms with Gasteiger partial charge in [-0.1, -0.05) is 30.3 Å². The molecule has 0 unspecified atom stereocenters. The Labute approximate surface area is 156 Å². The number of hydrogen-bond donors (Lipinski definition) is 0. The van der Waals surface area contributed by atoms with Crippen LogP contribution in [-0.2, 0) is 4.79 Å². The van der Waals surface area contributed by atoms with Crippen molar-refractivity contribution in [2.45, 2.75) is 57.4 Å². The maximum Gasteiger partial charge on any atom is 0.222 e. The van der Waals surface area contributed by atoms with E-state index in [0.29, 0.717) is 23.8 Å². The molecule has 0 N–H and O–H groups in total. The summed E-state index contributed by atoms with van der Waals surface area (Å²) in [7, 11) is 0. The minimum absolute atomic E-state index is 0.255. The van der Waals surface area contributed by atoms with E-state index in [1.54, 1.807) is 0 Å². The summed E-state index contributed by atoms with van der Waals surface area (Å²) in [6.07, 6.45) is 8.24. The molecule has 0 aromatic heterocycles. The third kappa shape index (κ3) is 4.01. The van der Waals surface area contributed by atoms with E-state index in [0.717, 1.165) is 51.0 Å². The molecule has 1 amide bonds. The van der Waals surface area contributed by atoms with Gasteiger partial charge in [0.1, 0.15) is 0 Å². The van der Waals surface area contributed by atoms with Gasteiger partial charge in [-0.2, -0.15) is 0 Å². The molecular weight excluding hydrogens is 324 g/mol. The van der Waals surface area contributed by atoms with Crippen molar-refractivity contribution in [3.05, 3.63) is 35.9 Å². The summed E-state index contributed by atoms with van der Waals surface area (Å²) in [5, 5.41) is 0. The van der Waals surface area contributed by atoms with Crippen molar-refractivity contribution >= 4 is 11.7 Å². The second-order valence-corrected chi connectivity index (χ2v) is 8.49. The molecule has 3 fully saturated rings. The standard InChI is InChI=1S/C22H30N2O2/c25-20(18-5-2-1-3-6-18)7-4-14-23-15-12-22(13-16-23)11-10-21(26)24(17-22)19-8-9-19/h1-3,5-6,19H,4,7-17H2. The zero-order valence-corrected chi connectivity index (χ0v) is 15.7. The fraction of sp³-hybridized carbons (Fsp3) is 0.636. The third-order valence-electron chi connectivity index (χ3n) is 6.57. The zero-order chi connectivity index (χ0) is 18.0. The molecule has 3 aliphatic rings. The quantitative estimate of drug-likeness (QED) is 0.734. The highest BCUT2D eigenvalue weighted by molar-refractivity contribution is 5.95. The Morgan fingerprint density at radius 3 is 2.50 bits per heavy atom. The Hall–Kier alpha value is -1.68. The van der Waals surface area contributed by atoms with E-state index >= 15 is 0 Å². The maximum atomic E-state index is 12.2. The van der Waals surface area contributed by atoms with Crippen molar-refractivity contribution < 1.29 is 9.59 Å². The number of hydrogen-bond acceptors (Lipinski definition) is 3. The van der Waals surface area contributed by atoms with Crippen LogP contribution in [0.15, 0.2) is 30.3 Å². The van der Waals surface area contributed by atoms with E-state index < -0.39 is 0 Å². The molecule has 140 valence electrons. The van der Waals surface area contributed by atoms with E-state index in [2.05, 4.69) is 9.80 Å². The van der Waals surface area contributed by atoms with E-state index in [9.17, 15) is 9.59 Å². The van der Waals surface area contributed by atoms with Crippen LogP contribution in [0.2, 0.25) is 0 Å². The first-order valence-corrected chi connectivity index (χ1v) is 10.3. The Balaban J connectivity index is 1.21. The summed E-state index contributed by atoms with van der Waals surface area (Å²) in [6, 6.07) is 10.2. The highest BCUT2D eigenvalue weighted by Crippen LogP contribution is 2.43. The molecule has 2 heterocycles. The molecule has 2 saturated heterocycles. The van der Waals surface area contributed by atoms with E-state index in [4.69, 9.17) is 0 Å². The monoisotopic (exact) mass is 354 g/mol. The van der Waals surface area contributed by atoms with Crippen molar-refractivity contribution in [1.29, 1.82) is 0 Å². The summed E-state index contributed by atoms with van der Waals surface area (Å²) in [5.74, 6) is 0.643. The molecule has 1 saturated carbocycles. The maximum absolute atomic E-state index is 12.2. The van der Waals surface area contributed by atoms with Gasteiger partial charge in [0, 0.05) is 31.0 Å². The summed E-state index contributed by atoms with van der Waals surface area (Å²) < 4.78 is 0. The van der Waals surface area contributed by atoms with Gasteiger partial charge >= 0.3 is 0 Å². The zero-order valence-electron chi connectivity index (χ0n) is 15.7. The first-order chi connectivity index (χ1) is 12.7. The van der Waals surface area contributed by atoms with Crippen LogP contribution in [0.5, 0.6) is 0 Å². The first-order valence-electron chi connectivity index (χ1n) is 10.3. The van der Waals surface area contributed by atoms with Gasteiger partial charge in [0.15, 0.2) is 5.78 Å². The van der Waals surface area contributed by atoms with Gasteiger partial charge in [-0.05, 0) is 63.6 Å². The second kappa shape index (κ2) is 7.51. The number of benzene rings is 1. The van der Waals surface area contributed by atoms with Crippen molar-refractivity contribution in [3.63, 3.8) is 0 Å². The Bertz CT molecular complexity index is 645. The smallest absolute Gasteiger partial charge is 0.222 e. The predicted octanol–water partition coefficient (Wildman–Crippen LogP) is 3.52. The Morgan fingerprint density at radius 1 is 1.08 bits per heavy atom. The van der Waals surface area contributed by atoms with Crippen molar-refractivity contribution in [1.82, 2.24) is 9.80 Å². The summed E-state index contributed by atoms with van der Waals surface area (Å²) in [5.41, 5.74) is 1.20. The lowest BCUT2D eigenvalue weighted by Gasteiger charge is -2.47. The lowest BCUT2D eigenvalue weighted by Crippen LogP contribution is -2.52. The molecule has 0 bridgehead atoms. The molecule has 0 radical (unpaired) electrons. The molecule has 4 rings (SSSR count). The average Bonchev–Trinajstić information content (AvgIpc) is 3.51. The van der Waals surface area contributed by atoms with Gasteiger partial charge in [0.2, 0.25) is 5.91 Å². The minimum atomic E-state index is 0.255. The number of likely N-dealkylation sites (tertiary alicyclic amines) is 2. The van der Waals surface area contributed by atoms with Gasteiger partial charge in [-0.15, -0.1) is 0 Å². The summed E-state index contributed by atoms with van der Waals surface area (Å²) in [6.45, 7) is 4.25. The largest absolute Gasteiger partial charge is 0.339 e. The van der Waals surface area contributed by atoms with Gasteiger partial charge in [-0.25, -0.2) is 0 Å². The molecule has 1 spiro atoms. The summed E-state index contributed by atoms with van der Waals surface area (Å²) >= 11 is 0. The van der Waals surface area contributed by atoms with Crippen molar-refractivity contribution in [2.24, 2.45) is 5.41 Å². The lowest BCUT2D eigenvalue weighted by atomic mass is 9.72. The number of Topliss-reactive ketones (excluding diaryl/α,β-unsaturated/α-hetero) is 1. The lowest BCUT2D eigenvalue weighted by molar-refractivity contribution is -0.139. The highest BCUT2D eigenvalue weighted by Gasteiger charge is 2.44. The van der Waals surface area contributed by atoms with Gasteiger partial charge in [-0.3, -0.25) is 9.59 Å². The number of piperidine rings is 2. The molecular formula is C22H30N2O2. The molecule has 2 aliphatic heterocycles. The molecule has 0 atom stereocenters. The number of carbonyl (C=O) groups excluding carboxylic acids is 2. The highest BCUT2D eigenvalue weighted by atomic mass is 16.2. The van der Waals surface area contributed by atoms with Crippen LogP contribution in [0.25, 0.3) is 0 Å². The minimum Gasteiger partial charge on any atom is -0.339 e. The van der Waals surface area contributed by atoms with Crippen LogP contribution in [-0.4, -0.2) is 53.7 Å². The Morgan fingerprint density at radius 2 is 1.81 bits per heavy atom. The van der Waals surface area contributed by atoms with E-state index in [-0.39, 0.29) is 5.78 Å². The average molecular weight is 354 g/mol. The number of rotatable bonds is 6. The van der Waals surface area contributed by atoms with Gasteiger partial charge < -0.3 is 9.80 Å². The molecule has 1 aromatic rings. The fourth-order valence-corrected chi connectivity index (χ4v) is 4.65. The van der Waals surface area contributed by atoms with Crippen molar-refractivity contribution in [2.75, 3.05) is 26.2 Å². The number of amides is 1. The Kier molecular flexibility index (Phi) is 5.12. The SMILES string of the molecule is O=C(CCCN1CCC2(CCC(=O)N(C3CC3)C2)CC1)c1ccccc1. The van der Waals surface area contributed by atoms with E-state index in [1.165, 1.54) is 25.7 Å². The van der Waals surface area contributed by atoms with Crippen molar-refractivity contribution in [3.8, 4) is 0 Å². The van der Waals surface area contributed by atoms with Crippen LogP contribution < -0.4 is 0 Å². The first kappa shape index (κ1) is 17.7. The van der Waals surface area contributed by atoms with Crippen LogP contribution in [0.1, 0.15) is 61.7 Å². The van der Waals surface area contributed by atoms with Crippen LogP contribution in [0.4, 0.5) is 0 Å². The molecule has 1 aromatic carbocycles. The van der Waals surface area contributed by atoms with Gasteiger partial charge in [0.25, 0.3) is 0 Å². The van der Waals surface area contributed by atoms with Crippen LogP contribution in [0, 0.1) is 5.41 Å². The normalized spacial score (nSPS) is 23.4. The number of ketones is 1. The molecule has 4 heteroatoms. The molecule has 4 nitrogen and oxygen atoms in total. The van der Waals surface area contributed by atoms with Crippen LogP contribution >= 0.6 is 0 Å². The number of carbonyl (C=O) groups is 2. The predicted molar refractivity (Wildman–Crippen MR) is 102 cm³/mol. The molecule has 1 aliphatic carbocycles. The molecule has 26 heavy (non-hydrogen) atoms. The fourth-order valence-electron chi connectivity index (χ4n) is 4.65. The second-order valence-electron chi connectivity index (χ2n) is 8.49. The van der Waals surface area contributed by atoms with Gasteiger partial charge in [0.05, 0.1) is 0 Å². The van der Waals surface area contributed by atoms with Crippen LogP contribution in [0.3, 0.4) is 0 Å². The van der Waals surface area contributed by atoms with E-state index in [1.807, 2.05) is 30.3 Å².